The molecule has 0 fully saturated rings. The lowest BCUT2D eigenvalue weighted by Gasteiger charge is -2.16. The smallest absolute Gasteiger partial charge is 0.163 e. The first-order valence-electron chi connectivity index (χ1n) is 4.84. The summed E-state index contributed by atoms with van der Waals surface area (Å²) in [5.74, 6) is -1.53. The number of hydrogen-bond acceptors (Lipinski definition) is 1. The van der Waals surface area contributed by atoms with E-state index in [0.29, 0.717) is 17.5 Å². The van der Waals surface area contributed by atoms with Crippen LogP contribution in [-0.2, 0) is 0 Å². The van der Waals surface area contributed by atoms with Crippen molar-refractivity contribution in [2.24, 2.45) is 0 Å². The van der Waals surface area contributed by atoms with Crippen molar-refractivity contribution >= 4 is 0 Å². The van der Waals surface area contributed by atoms with Crippen molar-refractivity contribution in [1.82, 2.24) is 5.32 Å². The maximum Gasteiger partial charge on any atom is 0.163 e. The van der Waals surface area contributed by atoms with E-state index in [1.165, 1.54) is 0 Å². The maximum atomic E-state index is 13.6. The molecule has 1 rings (SSSR count). The Bertz CT molecular complexity index is 361. The summed E-state index contributed by atoms with van der Waals surface area (Å²) in [6, 6.07) is 2.97. The van der Waals surface area contributed by atoms with Gasteiger partial charge in [0, 0.05) is 11.6 Å². The second kappa shape index (κ2) is 5.03. The quantitative estimate of drug-likeness (QED) is 0.754. The van der Waals surface area contributed by atoms with E-state index in [2.05, 4.69) is 11.9 Å². The van der Waals surface area contributed by atoms with Gasteiger partial charge in [0.25, 0.3) is 0 Å². The van der Waals surface area contributed by atoms with Gasteiger partial charge in [0.1, 0.15) is 0 Å². The minimum Gasteiger partial charge on any atom is -0.313 e. The van der Waals surface area contributed by atoms with Crippen LogP contribution in [0, 0.1) is 18.6 Å². The Morgan fingerprint density at radius 1 is 1.40 bits per heavy atom. The van der Waals surface area contributed by atoms with Gasteiger partial charge in [-0.25, -0.2) is 8.78 Å². The van der Waals surface area contributed by atoms with E-state index in [9.17, 15) is 8.78 Å². The number of rotatable bonds is 4. The zero-order valence-electron chi connectivity index (χ0n) is 8.98. The fourth-order valence-electron chi connectivity index (χ4n) is 1.50. The molecule has 0 amide bonds. The molecule has 0 heterocycles. The van der Waals surface area contributed by atoms with Crippen LogP contribution in [0.5, 0.6) is 0 Å². The van der Waals surface area contributed by atoms with Crippen molar-refractivity contribution in [3.8, 4) is 0 Å². The minimum atomic E-state index is -0.767. The molecule has 0 spiro atoms. The highest BCUT2D eigenvalue weighted by Gasteiger charge is 2.16. The first kappa shape index (κ1) is 11.9. The molecule has 0 radical (unpaired) electrons. The molecule has 1 aromatic carbocycles. The van der Waals surface area contributed by atoms with E-state index < -0.39 is 11.6 Å². The van der Waals surface area contributed by atoms with Crippen LogP contribution in [0.3, 0.4) is 0 Å². The van der Waals surface area contributed by atoms with Crippen LogP contribution >= 0.6 is 0 Å². The van der Waals surface area contributed by atoms with E-state index >= 15 is 0 Å². The fraction of sp³-hybridized carbons (Fsp3) is 0.333. The van der Waals surface area contributed by atoms with Gasteiger partial charge in [-0.05, 0) is 26.0 Å². The molecule has 0 aliphatic carbocycles. The largest absolute Gasteiger partial charge is 0.313 e. The van der Waals surface area contributed by atoms with Crippen molar-refractivity contribution < 1.29 is 8.78 Å². The van der Waals surface area contributed by atoms with Crippen molar-refractivity contribution in [2.75, 3.05) is 7.05 Å². The van der Waals surface area contributed by atoms with Crippen molar-refractivity contribution in [3.05, 3.63) is 47.5 Å². The summed E-state index contributed by atoms with van der Waals surface area (Å²) < 4.78 is 26.9. The van der Waals surface area contributed by atoms with Crippen LogP contribution in [0.2, 0.25) is 0 Å². The standard InChI is InChI=1S/C12H15F2N/c1-4-5-10(15-3)9-7-6-8(2)11(13)12(9)14/h4,6-7,10,15H,1,5H2,2-3H3. The Balaban J connectivity index is 3.13. The van der Waals surface area contributed by atoms with Gasteiger partial charge >= 0.3 is 0 Å². The SMILES string of the molecule is C=CCC(NC)c1ccc(C)c(F)c1F. The van der Waals surface area contributed by atoms with Gasteiger partial charge in [-0.2, -0.15) is 0 Å². The van der Waals surface area contributed by atoms with Crippen LogP contribution in [0.15, 0.2) is 24.8 Å². The second-order valence-corrected chi connectivity index (χ2v) is 3.47. The zero-order valence-corrected chi connectivity index (χ0v) is 8.98. The van der Waals surface area contributed by atoms with Crippen LogP contribution in [0.4, 0.5) is 8.78 Å². The maximum absolute atomic E-state index is 13.6. The highest BCUT2D eigenvalue weighted by atomic mass is 19.2. The summed E-state index contributed by atoms with van der Waals surface area (Å²) in [7, 11) is 1.71. The molecule has 1 unspecified atom stereocenters. The van der Waals surface area contributed by atoms with Gasteiger partial charge in [-0.1, -0.05) is 18.2 Å². The average Bonchev–Trinajstić information content (AvgIpc) is 2.24. The topological polar surface area (TPSA) is 12.0 Å². The van der Waals surface area contributed by atoms with Crippen molar-refractivity contribution in [1.29, 1.82) is 0 Å². The van der Waals surface area contributed by atoms with Crippen molar-refractivity contribution in [3.63, 3.8) is 0 Å². The second-order valence-electron chi connectivity index (χ2n) is 3.47. The molecule has 0 saturated heterocycles. The van der Waals surface area contributed by atoms with Crippen LogP contribution in [-0.4, -0.2) is 7.05 Å². The monoisotopic (exact) mass is 211 g/mol. The Kier molecular flexibility index (Phi) is 3.97. The molecule has 82 valence electrons. The summed E-state index contributed by atoms with van der Waals surface area (Å²) in [4.78, 5) is 0. The molecular weight excluding hydrogens is 196 g/mol. The third-order valence-electron chi connectivity index (χ3n) is 2.43. The van der Waals surface area contributed by atoms with Gasteiger partial charge in [-0.3, -0.25) is 0 Å². The molecule has 1 nitrogen and oxygen atoms in total. The Morgan fingerprint density at radius 3 is 2.60 bits per heavy atom. The highest BCUT2D eigenvalue weighted by Crippen LogP contribution is 2.23. The van der Waals surface area contributed by atoms with Gasteiger partial charge in [0.05, 0.1) is 0 Å². The average molecular weight is 211 g/mol. The third kappa shape index (κ3) is 2.42. The first-order valence-corrected chi connectivity index (χ1v) is 4.84. The number of aryl methyl sites for hydroxylation is 1. The lowest BCUT2D eigenvalue weighted by atomic mass is 10.0. The summed E-state index contributed by atoms with van der Waals surface area (Å²) >= 11 is 0. The summed E-state index contributed by atoms with van der Waals surface area (Å²) in [6.07, 6.45) is 2.24. The van der Waals surface area contributed by atoms with Crippen LogP contribution in [0.25, 0.3) is 0 Å². The van der Waals surface area contributed by atoms with E-state index in [1.807, 2.05) is 0 Å². The normalized spacial score (nSPS) is 12.5. The Hall–Kier alpha value is -1.22. The van der Waals surface area contributed by atoms with E-state index in [0.717, 1.165) is 0 Å². The third-order valence-corrected chi connectivity index (χ3v) is 2.43. The summed E-state index contributed by atoms with van der Waals surface area (Å²) in [5, 5.41) is 2.93. The molecule has 0 bridgehead atoms. The predicted octanol–water partition coefficient (Wildman–Crippen LogP) is 3.11. The molecule has 0 aliphatic rings. The van der Waals surface area contributed by atoms with E-state index in [4.69, 9.17) is 0 Å². The molecule has 3 heteroatoms. The fourth-order valence-corrected chi connectivity index (χ4v) is 1.50. The van der Waals surface area contributed by atoms with Crippen LogP contribution < -0.4 is 5.32 Å². The minimum absolute atomic E-state index is 0.224. The van der Waals surface area contributed by atoms with E-state index in [1.54, 1.807) is 32.2 Å². The number of nitrogens with one attached hydrogen (secondary N) is 1. The molecule has 0 aliphatic heterocycles. The molecule has 15 heavy (non-hydrogen) atoms. The van der Waals surface area contributed by atoms with Gasteiger partial charge < -0.3 is 5.32 Å². The Morgan fingerprint density at radius 2 is 2.07 bits per heavy atom. The van der Waals surface area contributed by atoms with Gasteiger partial charge in [0.2, 0.25) is 0 Å². The van der Waals surface area contributed by atoms with Crippen molar-refractivity contribution in [2.45, 2.75) is 19.4 Å². The molecule has 1 atom stereocenters. The van der Waals surface area contributed by atoms with Gasteiger partial charge in [0.15, 0.2) is 11.6 Å². The van der Waals surface area contributed by atoms with E-state index in [-0.39, 0.29) is 6.04 Å². The lowest BCUT2D eigenvalue weighted by Crippen LogP contribution is -2.17. The molecule has 1 aromatic rings. The van der Waals surface area contributed by atoms with Gasteiger partial charge in [-0.15, -0.1) is 6.58 Å². The predicted molar refractivity (Wildman–Crippen MR) is 57.7 cm³/mol. The number of hydrogen-bond donors (Lipinski definition) is 1. The summed E-state index contributed by atoms with van der Waals surface area (Å²) in [6.45, 7) is 5.13. The first-order chi connectivity index (χ1) is 7.11. The number of benzene rings is 1. The Labute approximate surface area is 88.8 Å². The molecule has 0 saturated carbocycles. The van der Waals surface area contributed by atoms with Crippen LogP contribution in [0.1, 0.15) is 23.6 Å². The molecule has 1 N–H and O–H groups in total. The molecule has 0 aromatic heterocycles. The zero-order chi connectivity index (χ0) is 11.4. The highest BCUT2D eigenvalue weighted by molar-refractivity contribution is 5.28. The number of halogens is 2. The summed E-state index contributed by atoms with van der Waals surface area (Å²) in [5.41, 5.74) is 0.671. The molecular formula is C12H15F2N. The lowest BCUT2D eigenvalue weighted by molar-refractivity contribution is 0.471.